The molecule has 1 fully saturated rings. The highest BCUT2D eigenvalue weighted by atomic mass is 16.3. The van der Waals surface area contributed by atoms with Crippen LogP contribution in [0, 0.1) is 0 Å². The topological polar surface area (TPSA) is 61.4 Å². The van der Waals surface area contributed by atoms with E-state index in [1.807, 2.05) is 6.92 Å². The highest BCUT2D eigenvalue weighted by Gasteiger charge is 2.28. The molecule has 0 bridgehead atoms. The van der Waals surface area contributed by atoms with Crippen molar-refractivity contribution in [2.75, 3.05) is 6.54 Å². The second kappa shape index (κ2) is 4.39. The van der Waals surface area contributed by atoms with E-state index in [1.54, 1.807) is 6.08 Å². The first-order valence-corrected chi connectivity index (χ1v) is 4.48. The summed E-state index contributed by atoms with van der Waals surface area (Å²) in [5, 5.41) is 14.9. The molecule has 4 heteroatoms. The number of hydrogen-bond donors (Lipinski definition) is 3. The minimum atomic E-state index is -0.394. The van der Waals surface area contributed by atoms with E-state index in [0.29, 0.717) is 13.0 Å². The van der Waals surface area contributed by atoms with Crippen LogP contribution in [0.4, 0.5) is 0 Å². The molecule has 0 aromatic carbocycles. The summed E-state index contributed by atoms with van der Waals surface area (Å²) in [6, 6.07) is -0.274. The van der Waals surface area contributed by atoms with Crippen LogP contribution in [0.2, 0.25) is 0 Å². The van der Waals surface area contributed by atoms with E-state index in [2.05, 4.69) is 17.2 Å². The largest absolute Gasteiger partial charge is 0.392 e. The summed E-state index contributed by atoms with van der Waals surface area (Å²) < 4.78 is 0. The average molecular weight is 184 g/mol. The minimum absolute atomic E-state index is 0.0213. The van der Waals surface area contributed by atoms with Gasteiger partial charge in [-0.3, -0.25) is 4.79 Å². The van der Waals surface area contributed by atoms with Gasteiger partial charge >= 0.3 is 0 Å². The van der Waals surface area contributed by atoms with E-state index in [1.165, 1.54) is 0 Å². The van der Waals surface area contributed by atoms with Crippen molar-refractivity contribution >= 4 is 5.91 Å². The molecule has 1 heterocycles. The summed E-state index contributed by atoms with van der Waals surface area (Å²) in [5.74, 6) is -0.0658. The van der Waals surface area contributed by atoms with E-state index in [9.17, 15) is 9.90 Å². The lowest BCUT2D eigenvalue weighted by atomic mass is 10.2. The van der Waals surface area contributed by atoms with Crippen LogP contribution < -0.4 is 10.6 Å². The standard InChI is InChI=1S/C9H16N2O2/c1-3-6(2)11-9(13)8-4-7(12)5-10-8/h3,6-8,10,12H,1,4-5H2,2H3,(H,11,13)/t6?,7-,8+/m0/s1. The molecule has 1 aliphatic heterocycles. The molecule has 0 spiro atoms. The molecule has 1 saturated heterocycles. The molecule has 13 heavy (non-hydrogen) atoms. The second-order valence-corrected chi connectivity index (χ2v) is 3.38. The predicted octanol–water partition coefficient (Wildman–Crippen LogP) is -0.600. The molecule has 1 unspecified atom stereocenters. The third-order valence-electron chi connectivity index (χ3n) is 2.15. The SMILES string of the molecule is C=CC(C)NC(=O)[C@H]1C[C@H](O)CN1. The van der Waals surface area contributed by atoms with E-state index < -0.39 is 6.10 Å². The fourth-order valence-corrected chi connectivity index (χ4v) is 1.30. The Hall–Kier alpha value is -0.870. The fourth-order valence-electron chi connectivity index (χ4n) is 1.30. The summed E-state index contributed by atoms with van der Waals surface area (Å²) in [7, 11) is 0. The van der Waals surface area contributed by atoms with E-state index >= 15 is 0 Å². The molecule has 0 aromatic rings. The van der Waals surface area contributed by atoms with Crippen molar-refractivity contribution in [1.29, 1.82) is 0 Å². The predicted molar refractivity (Wildman–Crippen MR) is 50.2 cm³/mol. The highest BCUT2D eigenvalue weighted by molar-refractivity contribution is 5.82. The number of carbonyl (C=O) groups excluding carboxylic acids is 1. The van der Waals surface area contributed by atoms with Crippen LogP contribution in [-0.2, 0) is 4.79 Å². The highest BCUT2D eigenvalue weighted by Crippen LogP contribution is 2.06. The van der Waals surface area contributed by atoms with Gasteiger partial charge in [-0.05, 0) is 13.3 Å². The van der Waals surface area contributed by atoms with E-state index in [0.717, 1.165) is 0 Å². The lowest BCUT2D eigenvalue weighted by Crippen LogP contribution is -2.43. The van der Waals surface area contributed by atoms with Crippen molar-refractivity contribution in [3.05, 3.63) is 12.7 Å². The number of carbonyl (C=O) groups is 1. The summed E-state index contributed by atoms with van der Waals surface area (Å²) in [6.07, 6.45) is 1.77. The van der Waals surface area contributed by atoms with Crippen molar-refractivity contribution in [2.45, 2.75) is 31.5 Å². The summed E-state index contributed by atoms with van der Waals surface area (Å²) in [6.45, 7) is 5.93. The Bertz CT molecular complexity index is 206. The van der Waals surface area contributed by atoms with Gasteiger partial charge in [-0.1, -0.05) is 6.08 Å². The number of β-amino-alcohol motifs (C(OH)–C–C–N with tert-alkyl or cyclic N) is 1. The smallest absolute Gasteiger partial charge is 0.237 e. The third kappa shape index (κ3) is 2.82. The Morgan fingerprint density at radius 2 is 2.54 bits per heavy atom. The van der Waals surface area contributed by atoms with Gasteiger partial charge in [0.05, 0.1) is 12.1 Å². The Balaban J connectivity index is 2.35. The molecule has 1 rings (SSSR count). The summed E-state index contributed by atoms with van der Waals surface area (Å²) >= 11 is 0. The van der Waals surface area contributed by atoms with Gasteiger partial charge in [0.15, 0.2) is 0 Å². The first-order chi connectivity index (χ1) is 6.13. The van der Waals surface area contributed by atoms with Crippen LogP contribution in [-0.4, -0.2) is 35.7 Å². The van der Waals surface area contributed by atoms with E-state index in [4.69, 9.17) is 0 Å². The fraction of sp³-hybridized carbons (Fsp3) is 0.667. The number of amides is 1. The van der Waals surface area contributed by atoms with Gasteiger partial charge in [0.25, 0.3) is 0 Å². The molecular weight excluding hydrogens is 168 g/mol. The van der Waals surface area contributed by atoms with Crippen molar-refractivity contribution in [2.24, 2.45) is 0 Å². The van der Waals surface area contributed by atoms with Gasteiger partial charge in [0.1, 0.15) is 0 Å². The van der Waals surface area contributed by atoms with Crippen LogP contribution >= 0.6 is 0 Å². The molecular formula is C9H16N2O2. The molecule has 1 amide bonds. The number of aliphatic hydroxyl groups excluding tert-OH is 1. The van der Waals surface area contributed by atoms with Crippen LogP contribution in [0.5, 0.6) is 0 Å². The van der Waals surface area contributed by atoms with Crippen molar-refractivity contribution in [1.82, 2.24) is 10.6 Å². The molecule has 1 aliphatic rings. The maximum absolute atomic E-state index is 11.4. The zero-order chi connectivity index (χ0) is 9.84. The van der Waals surface area contributed by atoms with Gasteiger partial charge < -0.3 is 15.7 Å². The Morgan fingerprint density at radius 1 is 1.85 bits per heavy atom. The molecule has 3 atom stereocenters. The Kier molecular flexibility index (Phi) is 3.45. The minimum Gasteiger partial charge on any atom is -0.392 e. The summed E-state index contributed by atoms with van der Waals surface area (Å²) in [4.78, 5) is 11.4. The van der Waals surface area contributed by atoms with Crippen molar-refractivity contribution in [3.63, 3.8) is 0 Å². The number of aliphatic hydroxyl groups is 1. The molecule has 0 radical (unpaired) electrons. The van der Waals surface area contributed by atoms with Crippen LogP contribution in [0.1, 0.15) is 13.3 Å². The van der Waals surface area contributed by atoms with Gasteiger partial charge in [-0.2, -0.15) is 0 Å². The Morgan fingerprint density at radius 3 is 3.00 bits per heavy atom. The molecule has 4 nitrogen and oxygen atoms in total. The van der Waals surface area contributed by atoms with Gasteiger partial charge in [-0.15, -0.1) is 6.58 Å². The van der Waals surface area contributed by atoms with Crippen molar-refractivity contribution < 1.29 is 9.90 Å². The Labute approximate surface area is 78.0 Å². The lowest BCUT2D eigenvalue weighted by Gasteiger charge is -2.13. The lowest BCUT2D eigenvalue weighted by molar-refractivity contribution is -0.123. The zero-order valence-corrected chi connectivity index (χ0v) is 7.79. The van der Waals surface area contributed by atoms with Gasteiger partial charge in [0, 0.05) is 12.6 Å². The number of nitrogens with one attached hydrogen (secondary N) is 2. The van der Waals surface area contributed by atoms with Crippen LogP contribution in [0.3, 0.4) is 0 Å². The van der Waals surface area contributed by atoms with Gasteiger partial charge in [-0.25, -0.2) is 0 Å². The maximum atomic E-state index is 11.4. The first kappa shape index (κ1) is 10.2. The number of rotatable bonds is 3. The summed E-state index contributed by atoms with van der Waals surface area (Å²) in [5.41, 5.74) is 0. The monoisotopic (exact) mass is 184 g/mol. The molecule has 0 aliphatic carbocycles. The molecule has 3 N–H and O–H groups in total. The van der Waals surface area contributed by atoms with E-state index in [-0.39, 0.29) is 18.0 Å². The second-order valence-electron chi connectivity index (χ2n) is 3.38. The maximum Gasteiger partial charge on any atom is 0.237 e. The van der Waals surface area contributed by atoms with Crippen molar-refractivity contribution in [3.8, 4) is 0 Å². The van der Waals surface area contributed by atoms with Crippen LogP contribution in [0.25, 0.3) is 0 Å². The first-order valence-electron chi connectivity index (χ1n) is 4.48. The van der Waals surface area contributed by atoms with Gasteiger partial charge in [0.2, 0.25) is 5.91 Å². The number of hydrogen-bond acceptors (Lipinski definition) is 3. The zero-order valence-electron chi connectivity index (χ0n) is 7.79. The molecule has 0 aromatic heterocycles. The normalized spacial score (nSPS) is 29.7. The van der Waals surface area contributed by atoms with Crippen LogP contribution in [0.15, 0.2) is 12.7 Å². The molecule has 0 saturated carbocycles. The quantitative estimate of drug-likeness (QED) is 0.513. The molecule has 74 valence electrons. The average Bonchev–Trinajstić information content (AvgIpc) is 2.51. The third-order valence-corrected chi connectivity index (χ3v) is 2.15.